The van der Waals surface area contributed by atoms with E-state index in [2.05, 4.69) is 21.8 Å². The number of aryl methyl sites for hydroxylation is 1. The van der Waals surface area contributed by atoms with E-state index in [0.29, 0.717) is 50.3 Å². The second kappa shape index (κ2) is 11.4. The van der Waals surface area contributed by atoms with Gasteiger partial charge >= 0.3 is 0 Å². The van der Waals surface area contributed by atoms with Crippen LogP contribution in [0.25, 0.3) is 0 Å². The molecule has 0 bridgehead atoms. The first-order chi connectivity index (χ1) is 18.2. The zero-order valence-corrected chi connectivity index (χ0v) is 23.1. The minimum atomic E-state index is -4.14. The van der Waals surface area contributed by atoms with Crippen LogP contribution in [-0.2, 0) is 26.1 Å². The summed E-state index contributed by atoms with van der Waals surface area (Å²) in [4.78, 5) is 29.3. The van der Waals surface area contributed by atoms with Crippen molar-refractivity contribution in [3.05, 3.63) is 52.4 Å². The molecule has 3 unspecified atom stereocenters. The maximum absolute atomic E-state index is 14.1. The lowest BCUT2D eigenvalue weighted by molar-refractivity contribution is -0.137. The number of aromatic nitrogens is 2. The molecule has 5 rings (SSSR count). The molecular formula is C26H34ClN5O5S. The molecule has 0 saturated carbocycles. The summed E-state index contributed by atoms with van der Waals surface area (Å²) in [6, 6.07) is 6.85. The summed E-state index contributed by atoms with van der Waals surface area (Å²) in [5.74, 6) is 0.420. The third kappa shape index (κ3) is 5.96. The van der Waals surface area contributed by atoms with Gasteiger partial charge < -0.3 is 14.5 Å². The molecule has 2 saturated heterocycles. The molecule has 2 aromatic rings. The van der Waals surface area contributed by atoms with E-state index < -0.39 is 21.8 Å². The fourth-order valence-corrected chi connectivity index (χ4v) is 6.48. The molecular weight excluding hydrogens is 530 g/mol. The topological polar surface area (TPSA) is 116 Å². The van der Waals surface area contributed by atoms with Crippen molar-refractivity contribution in [3.8, 4) is 0 Å². The Bertz CT molecular complexity index is 1250. The Kier molecular flexibility index (Phi) is 8.20. The summed E-state index contributed by atoms with van der Waals surface area (Å²) < 4.78 is 38.0. The van der Waals surface area contributed by atoms with Crippen molar-refractivity contribution in [2.45, 2.75) is 37.6 Å². The summed E-state index contributed by atoms with van der Waals surface area (Å²) in [6.45, 7) is 5.97. The lowest BCUT2D eigenvalue weighted by Gasteiger charge is -2.43. The maximum Gasteiger partial charge on any atom is 0.266 e. The first kappa shape index (κ1) is 27.3. The zero-order valence-electron chi connectivity index (χ0n) is 21.5. The van der Waals surface area contributed by atoms with Crippen LogP contribution in [-0.4, -0.2) is 103 Å². The molecule has 1 aromatic heterocycles. The van der Waals surface area contributed by atoms with E-state index in [0.717, 1.165) is 29.9 Å². The van der Waals surface area contributed by atoms with Crippen LogP contribution >= 0.6 is 11.6 Å². The fourth-order valence-electron chi connectivity index (χ4n) is 5.88. The predicted octanol–water partition coefficient (Wildman–Crippen LogP) is 2.20. The highest BCUT2D eigenvalue weighted by Crippen LogP contribution is 2.37. The van der Waals surface area contributed by atoms with Gasteiger partial charge in [-0.25, -0.2) is 9.97 Å². The van der Waals surface area contributed by atoms with Gasteiger partial charge in [-0.1, -0.05) is 30.7 Å². The minimum absolute atomic E-state index is 0.0272. The molecule has 2 aliphatic heterocycles. The predicted molar refractivity (Wildman–Crippen MR) is 144 cm³/mol. The van der Waals surface area contributed by atoms with Gasteiger partial charge in [0, 0.05) is 61.6 Å². The van der Waals surface area contributed by atoms with E-state index in [1.165, 1.54) is 5.56 Å². The molecule has 10 nitrogen and oxygen atoms in total. The molecule has 1 amide bonds. The van der Waals surface area contributed by atoms with Gasteiger partial charge in [0.05, 0.1) is 24.9 Å². The molecule has 38 heavy (non-hydrogen) atoms. The number of carbonyl (C=O) groups excluding carboxylic acids is 1. The number of halogens is 1. The summed E-state index contributed by atoms with van der Waals surface area (Å²) in [7, 11) is -4.14. The van der Waals surface area contributed by atoms with Gasteiger partial charge in [-0.15, -0.1) is 0 Å². The molecule has 2 fully saturated rings. The number of nitrogens with zero attached hydrogens (tertiary/aromatic N) is 5. The molecule has 1 aliphatic carbocycles. The van der Waals surface area contributed by atoms with Crippen molar-refractivity contribution < 1.29 is 22.5 Å². The van der Waals surface area contributed by atoms with E-state index in [9.17, 15) is 17.8 Å². The van der Waals surface area contributed by atoms with Crippen molar-refractivity contribution in [1.29, 1.82) is 0 Å². The van der Waals surface area contributed by atoms with Gasteiger partial charge in [0.25, 0.3) is 10.1 Å². The van der Waals surface area contributed by atoms with E-state index >= 15 is 0 Å². The lowest BCUT2D eigenvalue weighted by atomic mass is 9.88. The van der Waals surface area contributed by atoms with Crippen molar-refractivity contribution in [2.24, 2.45) is 0 Å². The first-order valence-corrected chi connectivity index (χ1v) is 15.1. The van der Waals surface area contributed by atoms with Gasteiger partial charge in [-0.05, 0) is 36.5 Å². The Balaban J connectivity index is 1.36. The lowest BCUT2D eigenvalue weighted by Crippen LogP contribution is -2.56. The second-order valence-electron chi connectivity index (χ2n) is 10.3. The van der Waals surface area contributed by atoms with Gasteiger partial charge in [-0.3, -0.25) is 14.2 Å². The van der Waals surface area contributed by atoms with E-state index in [4.69, 9.17) is 16.3 Å². The third-order valence-corrected chi connectivity index (χ3v) is 8.89. The van der Waals surface area contributed by atoms with Crippen LogP contribution in [0, 0.1) is 0 Å². The van der Waals surface area contributed by atoms with E-state index in [1.54, 1.807) is 18.5 Å². The van der Waals surface area contributed by atoms with Crippen LogP contribution in [0.5, 0.6) is 0 Å². The van der Waals surface area contributed by atoms with Crippen LogP contribution in [0.15, 0.2) is 30.6 Å². The second-order valence-corrected chi connectivity index (χ2v) is 12.3. The van der Waals surface area contributed by atoms with Gasteiger partial charge in [0.1, 0.15) is 12.1 Å². The van der Waals surface area contributed by atoms with Crippen LogP contribution in [0.3, 0.4) is 0 Å². The molecule has 0 spiro atoms. The van der Waals surface area contributed by atoms with Crippen LogP contribution < -0.4 is 4.90 Å². The molecule has 206 valence electrons. The number of piperazine rings is 1. The summed E-state index contributed by atoms with van der Waals surface area (Å²) in [5, 5.41) is 0.572. The van der Waals surface area contributed by atoms with E-state index in [1.807, 2.05) is 21.9 Å². The monoisotopic (exact) mass is 563 g/mol. The molecule has 12 heteroatoms. The largest absolute Gasteiger partial charge is 0.378 e. The number of morpholine rings is 1. The van der Waals surface area contributed by atoms with Crippen molar-refractivity contribution in [1.82, 2.24) is 19.8 Å². The summed E-state index contributed by atoms with van der Waals surface area (Å²) in [6.07, 6.45) is 3.70. The summed E-state index contributed by atoms with van der Waals surface area (Å²) in [5.41, 5.74) is 3.17. The van der Waals surface area contributed by atoms with Gasteiger partial charge in [-0.2, -0.15) is 8.42 Å². The smallest absolute Gasteiger partial charge is 0.266 e. The number of hydrogen-bond donors (Lipinski definition) is 1. The van der Waals surface area contributed by atoms with Crippen molar-refractivity contribution >= 4 is 33.4 Å². The highest BCUT2D eigenvalue weighted by atomic mass is 35.5. The zero-order chi connectivity index (χ0) is 26.9. The Morgan fingerprint density at radius 2 is 1.89 bits per heavy atom. The number of hydrogen-bond acceptors (Lipinski definition) is 8. The standard InChI is InChI=1S/C26H34ClN5O5S/c1-18-2-7-21-23(18)25(29-17-28-21)31-8-10-32(11-9-31)26(33)24(19-3-5-20(27)6-4-19)22-16-37-14-12-30(22)13-15-38(34,35)36/h3-6,17-18,22,24H,2,7-16H2,1H3,(H,34,35,36). The van der Waals surface area contributed by atoms with Crippen LogP contribution in [0.2, 0.25) is 5.02 Å². The van der Waals surface area contributed by atoms with Gasteiger partial charge in [0.15, 0.2) is 0 Å². The molecule has 3 aliphatic rings. The molecule has 0 radical (unpaired) electrons. The van der Waals surface area contributed by atoms with Gasteiger partial charge in [0.2, 0.25) is 5.91 Å². The number of rotatable bonds is 7. The van der Waals surface area contributed by atoms with Crippen molar-refractivity contribution in [3.63, 3.8) is 0 Å². The number of amides is 1. The average Bonchev–Trinajstić information content (AvgIpc) is 3.30. The number of benzene rings is 1. The van der Waals surface area contributed by atoms with Crippen molar-refractivity contribution in [2.75, 3.05) is 63.1 Å². The SMILES string of the molecule is CC1CCc2ncnc(N3CCN(C(=O)C(c4ccc(Cl)cc4)C4COCCN4CCS(=O)(=O)O)CC3)c21. The fraction of sp³-hybridized carbons (Fsp3) is 0.577. The molecule has 3 atom stereocenters. The van der Waals surface area contributed by atoms with Crippen LogP contribution in [0.1, 0.15) is 42.0 Å². The summed E-state index contributed by atoms with van der Waals surface area (Å²) >= 11 is 6.14. The number of ether oxygens (including phenoxy) is 1. The van der Waals surface area contributed by atoms with Crippen LogP contribution in [0.4, 0.5) is 5.82 Å². The molecule has 3 heterocycles. The number of fused-ring (bicyclic) bond motifs is 1. The maximum atomic E-state index is 14.1. The highest BCUT2D eigenvalue weighted by molar-refractivity contribution is 7.85. The quantitative estimate of drug-likeness (QED) is 0.506. The third-order valence-electron chi connectivity index (χ3n) is 7.94. The first-order valence-electron chi connectivity index (χ1n) is 13.1. The highest BCUT2D eigenvalue weighted by Gasteiger charge is 2.40. The minimum Gasteiger partial charge on any atom is -0.378 e. The molecule has 1 aromatic carbocycles. The Labute approximate surface area is 228 Å². The Hall–Kier alpha value is -2.31. The van der Waals surface area contributed by atoms with E-state index in [-0.39, 0.29) is 25.1 Å². The average molecular weight is 564 g/mol. The Morgan fingerprint density at radius 1 is 1.16 bits per heavy atom. The number of carbonyl (C=O) groups is 1. The number of anilines is 1. The molecule has 1 N–H and O–H groups in total. The Morgan fingerprint density at radius 3 is 2.61 bits per heavy atom. The normalized spacial score (nSPS) is 23.3.